The van der Waals surface area contributed by atoms with Crippen LogP contribution in [-0.4, -0.2) is 34.1 Å². The summed E-state index contributed by atoms with van der Waals surface area (Å²) in [5, 5.41) is 11.4. The van der Waals surface area contributed by atoms with Crippen molar-refractivity contribution in [2.24, 2.45) is 0 Å². The summed E-state index contributed by atoms with van der Waals surface area (Å²) in [6.45, 7) is 0. The van der Waals surface area contributed by atoms with E-state index in [4.69, 9.17) is 9.84 Å². The van der Waals surface area contributed by atoms with Gasteiger partial charge < -0.3 is 15.2 Å². The van der Waals surface area contributed by atoms with Gasteiger partial charge in [0.2, 0.25) is 0 Å². The quantitative estimate of drug-likeness (QED) is 0.875. The molecule has 2 N–H and O–H groups in total. The summed E-state index contributed by atoms with van der Waals surface area (Å²) in [5.41, 5.74) is 0.00287. The maximum absolute atomic E-state index is 12.1. The van der Waals surface area contributed by atoms with Gasteiger partial charge in [-0.1, -0.05) is 0 Å². The van der Waals surface area contributed by atoms with E-state index < -0.39 is 11.9 Å². The van der Waals surface area contributed by atoms with Crippen LogP contribution in [0.2, 0.25) is 0 Å². The Morgan fingerprint density at radius 2 is 2.00 bits per heavy atom. The van der Waals surface area contributed by atoms with E-state index in [0.29, 0.717) is 15.8 Å². The maximum Gasteiger partial charge on any atom is 0.358 e. The number of nitrogens with zero attached hydrogens (tertiary/aromatic N) is 2. The molecule has 1 amide bonds. The van der Waals surface area contributed by atoms with Crippen molar-refractivity contribution in [3.8, 4) is 5.75 Å². The first-order valence-electron chi connectivity index (χ1n) is 5.72. The number of carbonyl (C=O) groups is 2. The molecule has 0 atom stereocenters. The van der Waals surface area contributed by atoms with Crippen molar-refractivity contribution in [1.29, 1.82) is 0 Å². The Labute approximate surface area is 128 Å². The van der Waals surface area contributed by atoms with Crippen molar-refractivity contribution in [2.45, 2.75) is 0 Å². The predicted octanol–water partition coefficient (Wildman–Crippen LogP) is 2.20. The molecule has 2 rings (SSSR count). The van der Waals surface area contributed by atoms with Crippen LogP contribution in [0.4, 0.5) is 5.82 Å². The fraction of sp³-hybridized carbons (Fsp3) is 0.0769. The fourth-order valence-electron chi connectivity index (χ4n) is 1.57. The van der Waals surface area contributed by atoms with E-state index in [1.54, 1.807) is 18.2 Å². The average molecular weight is 352 g/mol. The number of carbonyl (C=O) groups excluding carboxylic acids is 1. The molecule has 1 aromatic carbocycles. The van der Waals surface area contributed by atoms with Crippen molar-refractivity contribution in [3.63, 3.8) is 0 Å². The number of anilines is 1. The Bertz CT molecular complexity index is 706. The lowest BCUT2D eigenvalue weighted by molar-refractivity contribution is 0.0691. The molecule has 1 heterocycles. The Morgan fingerprint density at radius 1 is 1.29 bits per heavy atom. The first kappa shape index (κ1) is 14.9. The molecule has 2 aromatic rings. The molecular formula is C13H10BrN3O4. The normalized spacial score (nSPS) is 10.0. The summed E-state index contributed by atoms with van der Waals surface area (Å²) >= 11 is 3.27. The molecule has 0 saturated heterocycles. The largest absolute Gasteiger partial charge is 0.496 e. The highest BCUT2D eigenvalue weighted by atomic mass is 79.9. The van der Waals surface area contributed by atoms with Crippen LogP contribution >= 0.6 is 15.9 Å². The molecule has 7 nitrogen and oxygen atoms in total. The summed E-state index contributed by atoms with van der Waals surface area (Å²) in [6, 6.07) is 4.73. The standard InChI is InChI=1S/C13H10BrN3O4/c1-21-9-3-2-7(6-8(9)14)12(18)17-11-10(13(19)20)15-4-5-16-11/h2-6H,1H3,(H,19,20)(H,16,17,18). The molecule has 0 aliphatic heterocycles. The zero-order chi connectivity index (χ0) is 15.4. The molecule has 0 spiro atoms. The minimum absolute atomic E-state index is 0.109. The van der Waals surface area contributed by atoms with Crippen LogP contribution in [0.5, 0.6) is 5.75 Å². The lowest BCUT2D eigenvalue weighted by Crippen LogP contribution is -2.17. The maximum atomic E-state index is 12.1. The number of carboxylic acid groups (broad SMARTS) is 1. The van der Waals surface area contributed by atoms with Gasteiger partial charge in [0, 0.05) is 18.0 Å². The molecule has 0 unspecified atom stereocenters. The van der Waals surface area contributed by atoms with Crippen molar-refractivity contribution >= 4 is 33.6 Å². The highest BCUT2D eigenvalue weighted by molar-refractivity contribution is 9.10. The number of ether oxygens (including phenoxy) is 1. The van der Waals surface area contributed by atoms with Crippen molar-refractivity contribution in [2.75, 3.05) is 12.4 Å². The van der Waals surface area contributed by atoms with Crippen LogP contribution in [0.15, 0.2) is 35.1 Å². The van der Waals surface area contributed by atoms with E-state index in [1.807, 2.05) is 0 Å². The first-order valence-corrected chi connectivity index (χ1v) is 6.51. The number of hydrogen-bond acceptors (Lipinski definition) is 5. The molecule has 0 aliphatic carbocycles. The average Bonchev–Trinajstić information content (AvgIpc) is 2.47. The van der Waals surface area contributed by atoms with E-state index in [1.165, 1.54) is 19.5 Å². The summed E-state index contributed by atoms with van der Waals surface area (Å²) in [6.07, 6.45) is 2.54. The molecule has 0 radical (unpaired) electrons. The number of hydrogen-bond donors (Lipinski definition) is 2. The fourth-order valence-corrected chi connectivity index (χ4v) is 2.11. The molecule has 0 saturated carbocycles. The molecule has 0 bridgehead atoms. The van der Waals surface area contributed by atoms with E-state index in [9.17, 15) is 9.59 Å². The Balaban J connectivity index is 2.26. The zero-order valence-electron chi connectivity index (χ0n) is 10.8. The van der Waals surface area contributed by atoms with Crippen molar-refractivity contribution in [3.05, 3.63) is 46.3 Å². The topological polar surface area (TPSA) is 101 Å². The lowest BCUT2D eigenvalue weighted by atomic mass is 10.2. The second kappa shape index (κ2) is 6.31. The van der Waals surface area contributed by atoms with Crippen LogP contribution in [0.3, 0.4) is 0 Å². The minimum Gasteiger partial charge on any atom is -0.496 e. The lowest BCUT2D eigenvalue weighted by Gasteiger charge is -2.08. The third kappa shape index (κ3) is 3.34. The van der Waals surface area contributed by atoms with E-state index in [0.717, 1.165) is 0 Å². The molecule has 21 heavy (non-hydrogen) atoms. The van der Waals surface area contributed by atoms with Crippen molar-refractivity contribution < 1.29 is 19.4 Å². The van der Waals surface area contributed by atoms with Gasteiger partial charge in [0.05, 0.1) is 11.6 Å². The van der Waals surface area contributed by atoms with Crippen molar-refractivity contribution in [1.82, 2.24) is 9.97 Å². The smallest absolute Gasteiger partial charge is 0.358 e. The number of rotatable bonds is 4. The molecule has 0 fully saturated rings. The summed E-state index contributed by atoms with van der Waals surface area (Å²) < 4.78 is 5.68. The summed E-state index contributed by atoms with van der Waals surface area (Å²) in [4.78, 5) is 30.6. The Morgan fingerprint density at radius 3 is 2.62 bits per heavy atom. The van der Waals surface area contributed by atoms with Crippen LogP contribution < -0.4 is 10.1 Å². The van der Waals surface area contributed by atoms with Gasteiger partial charge in [0.25, 0.3) is 5.91 Å². The monoisotopic (exact) mass is 351 g/mol. The van der Waals surface area contributed by atoms with E-state index in [2.05, 4.69) is 31.2 Å². The Hall–Kier alpha value is -2.48. The van der Waals surface area contributed by atoms with Crippen LogP contribution in [0.1, 0.15) is 20.8 Å². The highest BCUT2D eigenvalue weighted by Crippen LogP contribution is 2.25. The number of halogens is 1. The van der Waals surface area contributed by atoms with E-state index in [-0.39, 0.29) is 11.5 Å². The van der Waals surface area contributed by atoms with Crippen LogP contribution in [0, 0.1) is 0 Å². The molecule has 108 valence electrons. The van der Waals surface area contributed by atoms with Gasteiger partial charge >= 0.3 is 5.97 Å². The number of aromatic nitrogens is 2. The third-order valence-electron chi connectivity index (χ3n) is 2.55. The van der Waals surface area contributed by atoms with Gasteiger partial charge in [-0.2, -0.15) is 0 Å². The summed E-state index contributed by atoms with van der Waals surface area (Å²) in [7, 11) is 1.51. The van der Waals surface area contributed by atoms with Crippen LogP contribution in [0.25, 0.3) is 0 Å². The number of aromatic carboxylic acids is 1. The first-order chi connectivity index (χ1) is 10.0. The van der Waals surface area contributed by atoms with Gasteiger partial charge in [-0.05, 0) is 34.1 Å². The minimum atomic E-state index is -1.27. The number of nitrogens with one attached hydrogen (secondary N) is 1. The van der Waals surface area contributed by atoms with Gasteiger partial charge in [-0.25, -0.2) is 14.8 Å². The molecule has 8 heteroatoms. The second-order valence-electron chi connectivity index (χ2n) is 3.86. The Kier molecular flexibility index (Phi) is 4.49. The SMILES string of the molecule is COc1ccc(C(=O)Nc2nccnc2C(=O)O)cc1Br. The number of methoxy groups -OCH3 is 1. The number of amides is 1. The molecule has 0 aliphatic rings. The summed E-state index contributed by atoms with van der Waals surface area (Å²) in [5.74, 6) is -1.30. The van der Waals surface area contributed by atoms with Gasteiger partial charge in [0.15, 0.2) is 11.5 Å². The van der Waals surface area contributed by atoms with Gasteiger partial charge in [-0.15, -0.1) is 0 Å². The van der Waals surface area contributed by atoms with Gasteiger partial charge in [-0.3, -0.25) is 4.79 Å². The number of benzene rings is 1. The second-order valence-corrected chi connectivity index (χ2v) is 4.72. The third-order valence-corrected chi connectivity index (χ3v) is 3.17. The van der Waals surface area contributed by atoms with Gasteiger partial charge in [0.1, 0.15) is 5.75 Å². The highest BCUT2D eigenvalue weighted by Gasteiger charge is 2.16. The van der Waals surface area contributed by atoms with E-state index >= 15 is 0 Å². The predicted molar refractivity (Wildman–Crippen MR) is 77.6 cm³/mol. The molecule has 1 aromatic heterocycles. The van der Waals surface area contributed by atoms with Crippen LogP contribution in [-0.2, 0) is 0 Å². The molecular weight excluding hydrogens is 342 g/mol. The number of carboxylic acids is 1. The zero-order valence-corrected chi connectivity index (χ0v) is 12.4.